The Morgan fingerprint density at radius 3 is 2.00 bits per heavy atom. The minimum atomic E-state index is -2.05. The van der Waals surface area contributed by atoms with Crippen molar-refractivity contribution in [1.29, 1.82) is 0 Å². The molecule has 5 heterocycles. The number of hydrogen-bond acceptors (Lipinski definition) is 26. The van der Waals surface area contributed by atoms with Crippen molar-refractivity contribution in [2.75, 3.05) is 139 Å². The largest absolute Gasteiger partial charge is 0.509 e. The lowest BCUT2D eigenvalue weighted by Crippen LogP contribution is -2.48. The molecular formula is C77H109N7O22. The van der Waals surface area contributed by atoms with Gasteiger partial charge in [0.15, 0.2) is 23.1 Å². The number of aryl methyl sites for hydroxylation is 2. The number of rotatable bonds is 54. The molecule has 2 aliphatic carbocycles. The number of fused-ring (bicyclic) bond motifs is 5. The zero-order valence-electron chi connectivity index (χ0n) is 63.0. The summed E-state index contributed by atoms with van der Waals surface area (Å²) in [6, 6.07) is 5.79. The van der Waals surface area contributed by atoms with Crippen molar-refractivity contribution in [1.82, 2.24) is 35.2 Å². The minimum absolute atomic E-state index is 0.0205. The lowest BCUT2D eigenvalue weighted by molar-refractivity contribution is -0.175. The SMILES string of the molecule is [3H]CCNCCCCC(CC(=O)COCC(=O)CCCOCCOCCOCCOCCOCCOCCOCCOCCn1cc(CCC(=O)C2CCC(CC3C(=O)C=CC3=O)CC2)nn1)C(=O)NC(COC(=O)OC1(CC)C(=O)OCc2c1cc1n(c2=O)Cc2c-1nc1ccc(O)cc1c2CC)C(C)C. The predicted molar refractivity (Wildman–Crippen MR) is 386 cm³/mol. The van der Waals surface area contributed by atoms with Crippen LogP contribution in [0.4, 0.5) is 4.79 Å². The van der Waals surface area contributed by atoms with Crippen LogP contribution in [0.3, 0.4) is 0 Å². The van der Waals surface area contributed by atoms with Gasteiger partial charge in [0.2, 0.25) is 11.5 Å². The highest BCUT2D eigenvalue weighted by Gasteiger charge is 2.51. The van der Waals surface area contributed by atoms with Crippen molar-refractivity contribution in [3.8, 4) is 17.1 Å². The Kier molecular flexibility index (Phi) is 34.7. The van der Waals surface area contributed by atoms with Crippen LogP contribution < -0.4 is 16.2 Å². The third-order valence-corrected chi connectivity index (χ3v) is 19.6. The Bertz CT molecular complexity index is 3630. The van der Waals surface area contributed by atoms with E-state index in [0.717, 1.165) is 47.9 Å². The van der Waals surface area contributed by atoms with Gasteiger partial charge in [-0.1, -0.05) is 46.2 Å². The fourth-order valence-corrected chi connectivity index (χ4v) is 13.5. The van der Waals surface area contributed by atoms with Gasteiger partial charge >= 0.3 is 12.1 Å². The number of allylic oxidation sites excluding steroid dienone is 2. The zero-order valence-corrected chi connectivity index (χ0v) is 62.0. The molecule has 4 aliphatic rings. The van der Waals surface area contributed by atoms with Crippen LogP contribution in [0.2, 0.25) is 0 Å². The summed E-state index contributed by atoms with van der Waals surface area (Å²) in [6.07, 6.45) is 10.8. The number of nitrogens with zero attached hydrogens (tertiary/aromatic N) is 5. The van der Waals surface area contributed by atoms with Gasteiger partial charge in [0.05, 0.1) is 152 Å². The van der Waals surface area contributed by atoms with Crippen molar-refractivity contribution in [3.63, 3.8) is 0 Å². The van der Waals surface area contributed by atoms with E-state index in [4.69, 9.17) is 63.2 Å². The third-order valence-electron chi connectivity index (χ3n) is 19.6. The first-order valence-corrected chi connectivity index (χ1v) is 37.6. The van der Waals surface area contributed by atoms with Crippen molar-refractivity contribution in [3.05, 3.63) is 80.9 Å². The number of hydrogen-bond donors (Lipinski definition) is 3. The molecule has 0 bridgehead atoms. The number of cyclic esters (lactones) is 1. The number of amides is 1. The van der Waals surface area contributed by atoms with Crippen molar-refractivity contribution in [2.45, 2.75) is 162 Å². The number of aromatic nitrogens is 5. The molecule has 106 heavy (non-hydrogen) atoms. The molecule has 29 nitrogen and oxygen atoms in total. The normalized spacial score (nSPS) is 17.7. The van der Waals surface area contributed by atoms with E-state index in [1.54, 1.807) is 34.4 Å². The number of aromatic hydroxyl groups is 1. The lowest BCUT2D eigenvalue weighted by atomic mass is 9.75. The van der Waals surface area contributed by atoms with E-state index in [-0.39, 0.29) is 117 Å². The van der Waals surface area contributed by atoms with Crippen molar-refractivity contribution in [2.24, 2.45) is 29.6 Å². The molecule has 0 radical (unpaired) electrons. The summed E-state index contributed by atoms with van der Waals surface area (Å²) in [4.78, 5) is 124. The number of unbranched alkanes of at least 4 members (excludes halogenated alkanes) is 1. The molecule has 4 aromatic rings. The number of phenols is 1. The zero-order chi connectivity index (χ0) is 76.3. The first-order valence-electron chi connectivity index (χ1n) is 38.3. The van der Waals surface area contributed by atoms with Gasteiger partial charge in [-0.15, -0.1) is 5.10 Å². The number of nitrogens with one attached hydrogen (secondary N) is 2. The van der Waals surface area contributed by atoms with E-state index in [9.17, 15) is 48.3 Å². The van der Waals surface area contributed by atoms with E-state index in [1.807, 2.05) is 27.0 Å². The summed E-state index contributed by atoms with van der Waals surface area (Å²) in [5, 5.41) is 25.5. The summed E-state index contributed by atoms with van der Waals surface area (Å²) < 4.78 is 77.9. The summed E-state index contributed by atoms with van der Waals surface area (Å²) >= 11 is 0. The quantitative estimate of drug-likeness (QED) is 0.0204. The topological polar surface area (TPSA) is 357 Å². The highest BCUT2D eigenvalue weighted by molar-refractivity contribution is 6.18. The Morgan fingerprint density at radius 2 is 1.38 bits per heavy atom. The molecule has 1 fully saturated rings. The summed E-state index contributed by atoms with van der Waals surface area (Å²) in [5.41, 5.74) is 1.91. The number of carbonyl (C=O) groups excluding carboxylic acids is 8. The number of phenolic OH excluding ortho intramolecular Hbond substituents is 1. The summed E-state index contributed by atoms with van der Waals surface area (Å²) in [6.45, 7) is 14.4. The van der Waals surface area contributed by atoms with Gasteiger partial charge in [-0.2, -0.15) is 0 Å². The number of carbonyl (C=O) groups is 8. The van der Waals surface area contributed by atoms with Crippen LogP contribution in [-0.4, -0.2) is 221 Å². The molecule has 1 amide bonds. The van der Waals surface area contributed by atoms with E-state index in [1.165, 1.54) is 18.2 Å². The van der Waals surface area contributed by atoms with Gasteiger partial charge < -0.3 is 77.1 Å². The fourth-order valence-electron chi connectivity index (χ4n) is 13.5. The van der Waals surface area contributed by atoms with E-state index >= 15 is 0 Å². The average Bonchev–Trinajstić information content (AvgIpc) is 1.67. The van der Waals surface area contributed by atoms with Crippen LogP contribution in [0, 0.1) is 29.6 Å². The minimum Gasteiger partial charge on any atom is -0.508 e. The number of Topliss-reactive ketones (excluding diaryl/α,β-unsaturated/α-hetero) is 3. The maximum absolute atomic E-state index is 14.2. The van der Waals surface area contributed by atoms with Crippen LogP contribution in [-0.2, 0) is 129 Å². The fraction of sp³-hybridized carbons (Fsp3) is 0.662. The maximum Gasteiger partial charge on any atom is 0.509 e. The molecule has 3 N–H and O–H groups in total. The molecule has 2 aliphatic heterocycles. The molecule has 3 unspecified atom stereocenters. The van der Waals surface area contributed by atoms with Crippen molar-refractivity contribution >= 4 is 57.9 Å². The molecule has 0 spiro atoms. The van der Waals surface area contributed by atoms with Gasteiger partial charge in [-0.3, -0.25) is 33.6 Å². The first kappa shape index (κ1) is 82.5. The summed E-state index contributed by atoms with van der Waals surface area (Å²) in [5.74, 6) is -3.02. The second-order valence-electron chi connectivity index (χ2n) is 27.4. The van der Waals surface area contributed by atoms with Crippen LogP contribution in [0.15, 0.2) is 47.4 Å². The Balaban J connectivity index is 0.596. The maximum atomic E-state index is 14.2. The second-order valence-corrected chi connectivity index (χ2v) is 27.4. The highest BCUT2D eigenvalue weighted by Crippen LogP contribution is 2.43. The second kappa shape index (κ2) is 44.7. The van der Waals surface area contributed by atoms with Crippen molar-refractivity contribution < 1.29 is 102 Å². The molecule has 3 atom stereocenters. The molecule has 0 saturated heterocycles. The molecule has 29 heteroatoms. The molecule has 8 rings (SSSR count). The standard InChI is InChI=1S/C77H109N7O22/c1-6-60-61-44-57(85)19-20-66(61)79-72-63(60)47-84-68(72)45-65-64(74(84)92)50-104-75(93)77(65,7-2)106-76(94)105-51-67(52(4)5)80-73(91)55(12-9-10-24-78-8-3)43-59(87)49-103-48-58(86)13-11-26-95-28-30-97-32-34-99-36-38-101-40-41-102-39-37-100-35-33-98-31-29-96-27-25-83-46-56(81-82-83)18-21-69(88)54-16-14-53(15-17-54)42-62-70(89)22-23-71(62)90/h19-20,22-23,44-46,52-55,62,67,78,85H,6-18,21,24-43,47-51H2,1-5H3,(H,80,91)/i3T. The smallest absolute Gasteiger partial charge is 0.508 e. The predicted octanol–water partition coefficient (Wildman–Crippen LogP) is 6.82. The Labute approximate surface area is 620 Å². The first-order chi connectivity index (χ1) is 51.9. The molecular weight excluding hydrogens is 1370 g/mol. The van der Waals surface area contributed by atoms with Gasteiger partial charge in [0, 0.05) is 68.2 Å². The van der Waals surface area contributed by atoms with Gasteiger partial charge in [0.1, 0.15) is 38.0 Å². The monoisotopic (exact) mass is 1490 g/mol. The Hall–Kier alpha value is -7.58. The number of pyridine rings is 2. The number of ether oxygens (including phenoxy) is 12. The highest BCUT2D eigenvalue weighted by atomic mass is 16.7. The van der Waals surface area contributed by atoms with Gasteiger partial charge in [0.25, 0.3) is 5.56 Å². The summed E-state index contributed by atoms with van der Waals surface area (Å²) in [7, 11) is 0. The number of ketones is 5. The number of benzene rings is 1. The molecule has 1 aromatic carbocycles. The van der Waals surface area contributed by atoms with Gasteiger partial charge in [-0.25, -0.2) is 19.3 Å². The van der Waals surface area contributed by atoms with Crippen LogP contribution >= 0.6 is 0 Å². The third kappa shape index (κ3) is 25.5. The molecule has 1 saturated carbocycles. The van der Waals surface area contributed by atoms with Gasteiger partial charge in [-0.05, 0) is 131 Å². The van der Waals surface area contributed by atoms with E-state index in [2.05, 4.69) is 20.9 Å². The van der Waals surface area contributed by atoms with Crippen LogP contribution in [0.5, 0.6) is 5.75 Å². The number of esters is 1. The molecule has 584 valence electrons. The molecule has 3 aromatic heterocycles. The van der Waals surface area contributed by atoms with E-state index in [0.29, 0.717) is 200 Å². The van der Waals surface area contributed by atoms with E-state index < -0.39 is 47.1 Å². The average molecular weight is 1490 g/mol. The van der Waals surface area contributed by atoms with Crippen LogP contribution in [0.1, 0.15) is 147 Å². The lowest BCUT2D eigenvalue weighted by Gasteiger charge is -2.35. The Morgan fingerprint density at radius 1 is 0.745 bits per heavy atom. The van der Waals surface area contributed by atoms with Crippen LogP contribution in [0.25, 0.3) is 22.3 Å².